The number of benzene rings is 2. The molecule has 0 bridgehead atoms. The Balaban J connectivity index is 1.89. The lowest BCUT2D eigenvalue weighted by Gasteiger charge is -2.23. The highest BCUT2D eigenvalue weighted by molar-refractivity contribution is 6.31. The van der Waals surface area contributed by atoms with Crippen molar-refractivity contribution < 1.29 is 4.39 Å². The summed E-state index contributed by atoms with van der Waals surface area (Å²) in [7, 11) is 2.15. The lowest BCUT2D eigenvalue weighted by atomic mass is 10.1. The quantitative estimate of drug-likeness (QED) is 0.595. The molecule has 128 valence electrons. The highest BCUT2D eigenvalue weighted by atomic mass is 35.5. The molecule has 0 saturated heterocycles. The molecule has 25 heavy (non-hydrogen) atoms. The fraction of sp³-hybridized carbons (Fsp3) is 0.238. The van der Waals surface area contributed by atoms with Gasteiger partial charge in [-0.1, -0.05) is 23.7 Å². The summed E-state index contributed by atoms with van der Waals surface area (Å²) in [4.78, 5) is 2.34. The van der Waals surface area contributed by atoms with Crippen LogP contribution < -0.4 is 0 Å². The largest absolute Gasteiger partial charge is 0.320 e. The molecule has 2 nitrogen and oxygen atoms in total. The lowest BCUT2D eigenvalue weighted by molar-refractivity contribution is 0.312. The summed E-state index contributed by atoms with van der Waals surface area (Å²) in [6.07, 6.45) is 3.17. The Kier molecular flexibility index (Phi) is 4.14. The zero-order valence-electron chi connectivity index (χ0n) is 14.4. The normalized spacial score (nSPS) is 15.6. The first-order chi connectivity index (χ1) is 12.0. The van der Waals surface area contributed by atoms with Gasteiger partial charge in [0, 0.05) is 41.8 Å². The first-order valence-electron chi connectivity index (χ1n) is 8.47. The van der Waals surface area contributed by atoms with Gasteiger partial charge in [-0.2, -0.15) is 0 Å². The molecule has 1 aromatic heterocycles. The van der Waals surface area contributed by atoms with Crippen LogP contribution in [0.4, 0.5) is 4.39 Å². The van der Waals surface area contributed by atoms with E-state index in [4.69, 9.17) is 11.6 Å². The number of rotatable bonds is 2. The van der Waals surface area contributed by atoms with Crippen molar-refractivity contribution in [2.24, 2.45) is 0 Å². The third-order valence-electron chi connectivity index (χ3n) is 4.96. The summed E-state index contributed by atoms with van der Waals surface area (Å²) in [5, 5.41) is 1.98. The minimum Gasteiger partial charge on any atom is -0.320 e. The number of aromatic nitrogens is 1. The summed E-state index contributed by atoms with van der Waals surface area (Å²) in [6, 6.07) is 12.7. The van der Waals surface area contributed by atoms with Gasteiger partial charge >= 0.3 is 0 Å². The smallest absolute Gasteiger partial charge is 0.123 e. The Morgan fingerprint density at radius 2 is 1.92 bits per heavy atom. The number of likely N-dealkylation sites (N-methyl/N-ethyl adjacent to an activating group) is 1. The van der Waals surface area contributed by atoms with Crippen LogP contribution in [0.2, 0.25) is 5.02 Å². The zero-order valence-corrected chi connectivity index (χ0v) is 15.1. The molecule has 4 rings (SSSR count). The van der Waals surface area contributed by atoms with Crippen LogP contribution in [-0.4, -0.2) is 23.1 Å². The zero-order chi connectivity index (χ0) is 17.6. The molecule has 4 heteroatoms. The average molecular weight is 355 g/mol. The van der Waals surface area contributed by atoms with E-state index in [0.717, 1.165) is 35.7 Å². The van der Waals surface area contributed by atoms with Gasteiger partial charge in [0.05, 0.1) is 5.52 Å². The Morgan fingerprint density at radius 3 is 2.68 bits per heavy atom. The van der Waals surface area contributed by atoms with E-state index in [0.29, 0.717) is 0 Å². The predicted octanol–water partition coefficient (Wildman–Crippen LogP) is 5.44. The molecule has 0 aliphatic carbocycles. The number of nitrogens with zero attached hydrogens (tertiary/aromatic N) is 2. The van der Waals surface area contributed by atoms with Gasteiger partial charge in [-0.25, -0.2) is 4.39 Å². The molecule has 2 aromatic carbocycles. The van der Waals surface area contributed by atoms with E-state index in [1.807, 2.05) is 18.2 Å². The van der Waals surface area contributed by atoms with Gasteiger partial charge in [0.1, 0.15) is 5.82 Å². The highest BCUT2D eigenvalue weighted by Gasteiger charge is 2.22. The minimum atomic E-state index is -0.210. The van der Waals surface area contributed by atoms with Crippen molar-refractivity contribution in [3.05, 3.63) is 70.1 Å². The molecule has 0 fully saturated rings. The molecule has 0 amide bonds. The minimum absolute atomic E-state index is 0.210. The molecule has 3 aromatic rings. The summed E-state index contributed by atoms with van der Waals surface area (Å²) in [5.74, 6) is -0.210. The van der Waals surface area contributed by atoms with Crippen LogP contribution in [0, 0.1) is 5.82 Å². The standard InChI is InChI=1S/C21H20ClFN2/c1-14(15-3-6-17(23)7-4-15)12-25-20-8-5-16(22)11-18(20)19-13-24(2)10-9-21(19)25/h3-8,11-12H,9-10,13H2,1-2H3/b14-12+. The highest BCUT2D eigenvalue weighted by Crippen LogP contribution is 2.33. The second-order valence-electron chi connectivity index (χ2n) is 6.76. The van der Waals surface area contributed by atoms with E-state index in [2.05, 4.69) is 41.8 Å². The van der Waals surface area contributed by atoms with Crippen molar-refractivity contribution in [3.8, 4) is 0 Å². The van der Waals surface area contributed by atoms with Gasteiger partial charge < -0.3 is 9.47 Å². The van der Waals surface area contributed by atoms with E-state index in [1.165, 1.54) is 34.3 Å². The molecule has 0 atom stereocenters. The topological polar surface area (TPSA) is 8.17 Å². The summed E-state index contributed by atoms with van der Waals surface area (Å²) in [6.45, 7) is 4.04. The van der Waals surface area contributed by atoms with Gasteiger partial charge in [0.2, 0.25) is 0 Å². The van der Waals surface area contributed by atoms with Gasteiger partial charge in [-0.3, -0.25) is 0 Å². The molecular weight excluding hydrogens is 335 g/mol. The van der Waals surface area contributed by atoms with E-state index in [-0.39, 0.29) is 5.82 Å². The van der Waals surface area contributed by atoms with E-state index in [9.17, 15) is 4.39 Å². The first kappa shape index (κ1) is 16.4. The molecular formula is C21H20ClFN2. The summed E-state index contributed by atoms with van der Waals surface area (Å²) in [5.41, 5.74) is 6.00. The number of hydrogen-bond donors (Lipinski definition) is 0. The Hall–Kier alpha value is -2.10. The van der Waals surface area contributed by atoms with E-state index in [1.54, 1.807) is 0 Å². The van der Waals surface area contributed by atoms with E-state index < -0.39 is 0 Å². The van der Waals surface area contributed by atoms with Crippen LogP contribution in [0.3, 0.4) is 0 Å². The molecule has 0 unspecified atom stereocenters. The van der Waals surface area contributed by atoms with Gasteiger partial charge in [-0.15, -0.1) is 0 Å². The van der Waals surface area contributed by atoms with Crippen molar-refractivity contribution in [1.82, 2.24) is 9.47 Å². The number of halogens is 2. The first-order valence-corrected chi connectivity index (χ1v) is 8.85. The average Bonchev–Trinajstić information content (AvgIpc) is 2.88. The maximum atomic E-state index is 13.2. The molecule has 0 saturated carbocycles. The Labute approximate surface area is 152 Å². The van der Waals surface area contributed by atoms with Crippen molar-refractivity contribution in [2.75, 3.05) is 13.6 Å². The fourth-order valence-corrected chi connectivity index (χ4v) is 3.80. The lowest BCUT2D eigenvalue weighted by Crippen LogP contribution is -2.26. The van der Waals surface area contributed by atoms with Crippen molar-refractivity contribution in [1.29, 1.82) is 0 Å². The van der Waals surface area contributed by atoms with Gasteiger partial charge in [0.25, 0.3) is 0 Å². The SMILES string of the molecule is C/C(=C\n1c2c(c3cc(Cl)ccc31)CN(C)CC2)c1ccc(F)cc1. The molecule has 2 heterocycles. The second-order valence-corrected chi connectivity index (χ2v) is 7.20. The monoisotopic (exact) mass is 354 g/mol. The molecule has 1 aliphatic heterocycles. The maximum Gasteiger partial charge on any atom is 0.123 e. The molecule has 0 radical (unpaired) electrons. The van der Waals surface area contributed by atoms with Crippen molar-refractivity contribution >= 4 is 34.3 Å². The van der Waals surface area contributed by atoms with Crippen LogP contribution >= 0.6 is 11.6 Å². The summed E-state index contributed by atoms with van der Waals surface area (Å²) >= 11 is 6.25. The molecule has 1 aliphatic rings. The van der Waals surface area contributed by atoms with Gasteiger partial charge in [-0.05, 0) is 61.0 Å². The van der Waals surface area contributed by atoms with Crippen LogP contribution in [0.1, 0.15) is 23.7 Å². The summed E-state index contributed by atoms with van der Waals surface area (Å²) < 4.78 is 15.5. The Morgan fingerprint density at radius 1 is 1.16 bits per heavy atom. The van der Waals surface area contributed by atoms with Crippen LogP contribution in [0.25, 0.3) is 22.7 Å². The van der Waals surface area contributed by atoms with Crippen molar-refractivity contribution in [3.63, 3.8) is 0 Å². The van der Waals surface area contributed by atoms with Gasteiger partial charge in [0.15, 0.2) is 0 Å². The second kappa shape index (κ2) is 6.32. The van der Waals surface area contributed by atoms with Crippen LogP contribution in [-0.2, 0) is 13.0 Å². The number of fused-ring (bicyclic) bond motifs is 3. The molecule has 0 N–H and O–H groups in total. The van der Waals surface area contributed by atoms with E-state index >= 15 is 0 Å². The third-order valence-corrected chi connectivity index (χ3v) is 5.20. The Bertz CT molecular complexity index is 970. The van der Waals surface area contributed by atoms with Crippen LogP contribution in [0.5, 0.6) is 0 Å². The predicted molar refractivity (Wildman–Crippen MR) is 103 cm³/mol. The fourth-order valence-electron chi connectivity index (χ4n) is 3.63. The maximum absolute atomic E-state index is 13.2. The third kappa shape index (κ3) is 2.99. The van der Waals surface area contributed by atoms with Crippen LogP contribution in [0.15, 0.2) is 42.5 Å². The molecule has 0 spiro atoms. The number of hydrogen-bond acceptors (Lipinski definition) is 1. The van der Waals surface area contributed by atoms with Crippen molar-refractivity contribution in [2.45, 2.75) is 19.9 Å². The number of allylic oxidation sites excluding steroid dienone is 1.